The van der Waals surface area contributed by atoms with Gasteiger partial charge in [-0.15, -0.1) is 0 Å². The Labute approximate surface area is 88.5 Å². The zero-order chi connectivity index (χ0) is 11.0. The fourth-order valence-corrected chi connectivity index (χ4v) is 2.17. The first-order valence-electron chi connectivity index (χ1n) is 5.12. The molecule has 0 fully saturated rings. The van der Waals surface area contributed by atoms with Crippen LogP contribution in [-0.2, 0) is 6.42 Å². The van der Waals surface area contributed by atoms with Crippen LogP contribution in [0, 0.1) is 0 Å². The third-order valence-electron chi connectivity index (χ3n) is 2.92. The minimum absolute atomic E-state index is 0.0637. The Morgan fingerprint density at radius 2 is 2.33 bits per heavy atom. The molecule has 1 aromatic rings. The lowest BCUT2D eigenvalue weighted by atomic mass is 9.92. The molecule has 2 rings (SSSR count). The molecule has 0 bridgehead atoms. The molecule has 1 unspecified atom stereocenters. The average Bonchev–Trinajstić information content (AvgIpc) is 2.60. The second kappa shape index (κ2) is 3.70. The van der Waals surface area contributed by atoms with Crippen LogP contribution in [0.1, 0.15) is 40.8 Å². The Kier molecular flexibility index (Phi) is 2.52. The summed E-state index contributed by atoms with van der Waals surface area (Å²) in [6, 6.07) is 1.96. The fraction of sp³-hybridized carbons (Fsp3) is 0.545. The highest BCUT2D eigenvalue weighted by Crippen LogP contribution is 2.34. The molecule has 0 radical (unpaired) electrons. The molecule has 1 aliphatic carbocycles. The highest BCUT2D eigenvalue weighted by Gasteiger charge is 2.27. The van der Waals surface area contributed by atoms with Gasteiger partial charge < -0.3 is 14.4 Å². The van der Waals surface area contributed by atoms with Crippen molar-refractivity contribution >= 4 is 5.97 Å². The number of carboxylic acids is 1. The summed E-state index contributed by atoms with van der Waals surface area (Å²) in [7, 11) is 4.01. The summed E-state index contributed by atoms with van der Waals surface area (Å²) in [6.45, 7) is 0. The molecule has 1 aromatic heterocycles. The van der Waals surface area contributed by atoms with Gasteiger partial charge in [-0.3, -0.25) is 0 Å². The van der Waals surface area contributed by atoms with Gasteiger partial charge in [0.1, 0.15) is 5.76 Å². The maximum atomic E-state index is 10.8. The molecule has 0 saturated heterocycles. The van der Waals surface area contributed by atoms with Crippen molar-refractivity contribution in [2.75, 3.05) is 14.1 Å². The largest absolute Gasteiger partial charge is 0.475 e. The van der Waals surface area contributed by atoms with Gasteiger partial charge in [0.15, 0.2) is 0 Å². The summed E-state index contributed by atoms with van der Waals surface area (Å²) in [6.07, 6.45) is 2.98. The normalized spacial score (nSPS) is 20.3. The number of aryl methyl sites for hydroxylation is 1. The number of rotatable bonds is 2. The van der Waals surface area contributed by atoms with Gasteiger partial charge in [-0.05, 0) is 33.0 Å². The quantitative estimate of drug-likeness (QED) is 0.808. The lowest BCUT2D eigenvalue weighted by Crippen LogP contribution is -2.23. The second-order valence-corrected chi connectivity index (χ2v) is 4.17. The van der Waals surface area contributed by atoms with Gasteiger partial charge in [-0.25, -0.2) is 4.79 Å². The van der Waals surface area contributed by atoms with Gasteiger partial charge in [0.05, 0.1) is 0 Å². The van der Waals surface area contributed by atoms with Crippen LogP contribution in [0.25, 0.3) is 0 Å². The number of fused-ring (bicyclic) bond motifs is 1. The van der Waals surface area contributed by atoms with E-state index in [1.807, 2.05) is 14.1 Å². The maximum absolute atomic E-state index is 10.8. The number of carbonyl (C=O) groups is 1. The van der Waals surface area contributed by atoms with E-state index in [9.17, 15) is 4.79 Å². The highest BCUT2D eigenvalue weighted by molar-refractivity contribution is 5.84. The van der Waals surface area contributed by atoms with Crippen LogP contribution in [-0.4, -0.2) is 30.1 Å². The summed E-state index contributed by atoms with van der Waals surface area (Å²) in [5.41, 5.74) is 1.05. The van der Waals surface area contributed by atoms with E-state index < -0.39 is 5.97 Å². The number of nitrogens with zero attached hydrogens (tertiary/aromatic N) is 1. The third-order valence-corrected chi connectivity index (χ3v) is 2.92. The lowest BCUT2D eigenvalue weighted by Gasteiger charge is -2.27. The zero-order valence-electron chi connectivity index (χ0n) is 8.99. The SMILES string of the molecule is CN(C)C1CCCc2oc(C(=O)O)cc21. The summed E-state index contributed by atoms with van der Waals surface area (Å²) in [4.78, 5) is 12.9. The van der Waals surface area contributed by atoms with Crippen LogP contribution in [0.2, 0.25) is 0 Å². The first-order valence-corrected chi connectivity index (χ1v) is 5.12. The van der Waals surface area contributed by atoms with Crippen LogP contribution >= 0.6 is 0 Å². The Hall–Kier alpha value is -1.29. The van der Waals surface area contributed by atoms with Crippen molar-refractivity contribution in [1.82, 2.24) is 4.90 Å². The minimum Gasteiger partial charge on any atom is -0.475 e. The van der Waals surface area contributed by atoms with E-state index in [0.717, 1.165) is 30.6 Å². The van der Waals surface area contributed by atoms with Crippen LogP contribution in [0.4, 0.5) is 0 Å². The molecule has 1 aliphatic rings. The van der Waals surface area contributed by atoms with Gasteiger partial charge in [-0.2, -0.15) is 0 Å². The molecule has 0 aromatic carbocycles. The van der Waals surface area contributed by atoms with Crippen molar-refractivity contribution in [1.29, 1.82) is 0 Å². The van der Waals surface area contributed by atoms with Crippen LogP contribution in [0.15, 0.2) is 10.5 Å². The standard InChI is InChI=1S/C11H15NO3/c1-12(2)8-4-3-5-9-7(8)6-10(15-9)11(13)14/h6,8H,3-5H2,1-2H3,(H,13,14). The molecule has 1 heterocycles. The Bertz CT molecular complexity index is 381. The summed E-state index contributed by atoms with van der Waals surface area (Å²) in [5, 5.41) is 8.85. The van der Waals surface area contributed by atoms with Gasteiger partial charge >= 0.3 is 5.97 Å². The lowest BCUT2D eigenvalue weighted by molar-refractivity contribution is 0.0660. The Morgan fingerprint density at radius 1 is 1.60 bits per heavy atom. The summed E-state index contributed by atoms with van der Waals surface area (Å²) in [5.74, 6) is -0.0759. The topological polar surface area (TPSA) is 53.7 Å². The highest BCUT2D eigenvalue weighted by atomic mass is 16.4. The van der Waals surface area contributed by atoms with Crippen LogP contribution in [0.3, 0.4) is 0 Å². The minimum atomic E-state index is -0.984. The molecule has 4 nitrogen and oxygen atoms in total. The van der Waals surface area contributed by atoms with Gasteiger partial charge in [0.2, 0.25) is 5.76 Å². The molecular weight excluding hydrogens is 194 g/mol. The van der Waals surface area contributed by atoms with Crippen molar-refractivity contribution in [2.45, 2.75) is 25.3 Å². The number of hydrogen-bond acceptors (Lipinski definition) is 3. The number of carboxylic acid groups (broad SMARTS) is 1. The van der Waals surface area contributed by atoms with E-state index in [1.165, 1.54) is 0 Å². The number of hydrogen-bond donors (Lipinski definition) is 1. The van der Waals surface area contributed by atoms with Crippen molar-refractivity contribution in [2.24, 2.45) is 0 Å². The monoisotopic (exact) mass is 209 g/mol. The predicted molar refractivity (Wildman–Crippen MR) is 55.0 cm³/mol. The summed E-state index contributed by atoms with van der Waals surface area (Å²) >= 11 is 0. The van der Waals surface area contributed by atoms with Gasteiger partial charge in [0.25, 0.3) is 0 Å². The second-order valence-electron chi connectivity index (χ2n) is 4.17. The first kappa shape index (κ1) is 10.2. The molecule has 1 atom stereocenters. The van der Waals surface area contributed by atoms with Crippen molar-refractivity contribution in [3.05, 3.63) is 23.2 Å². The van der Waals surface area contributed by atoms with E-state index in [-0.39, 0.29) is 5.76 Å². The smallest absolute Gasteiger partial charge is 0.371 e. The van der Waals surface area contributed by atoms with Crippen molar-refractivity contribution in [3.8, 4) is 0 Å². The van der Waals surface area contributed by atoms with E-state index in [1.54, 1.807) is 6.07 Å². The van der Waals surface area contributed by atoms with E-state index in [4.69, 9.17) is 9.52 Å². The molecule has 0 aliphatic heterocycles. The molecule has 0 saturated carbocycles. The Morgan fingerprint density at radius 3 is 2.93 bits per heavy atom. The molecule has 15 heavy (non-hydrogen) atoms. The van der Waals surface area contributed by atoms with Gasteiger partial charge in [-0.1, -0.05) is 0 Å². The van der Waals surface area contributed by atoms with Crippen molar-refractivity contribution in [3.63, 3.8) is 0 Å². The predicted octanol–water partition coefficient (Wildman–Crippen LogP) is 1.92. The third kappa shape index (κ3) is 1.77. The maximum Gasteiger partial charge on any atom is 0.371 e. The molecule has 0 amide bonds. The zero-order valence-corrected chi connectivity index (χ0v) is 8.99. The number of furan rings is 1. The van der Waals surface area contributed by atoms with E-state index in [2.05, 4.69) is 4.90 Å². The fourth-order valence-electron chi connectivity index (χ4n) is 2.17. The Balaban J connectivity index is 2.38. The molecule has 0 spiro atoms. The van der Waals surface area contributed by atoms with E-state index >= 15 is 0 Å². The van der Waals surface area contributed by atoms with Gasteiger partial charge in [0, 0.05) is 18.0 Å². The molecule has 4 heteroatoms. The van der Waals surface area contributed by atoms with Crippen molar-refractivity contribution < 1.29 is 14.3 Å². The summed E-state index contributed by atoms with van der Waals surface area (Å²) < 4.78 is 5.32. The number of aromatic carboxylic acids is 1. The van der Waals surface area contributed by atoms with E-state index in [0.29, 0.717) is 6.04 Å². The molecule has 1 N–H and O–H groups in total. The average molecular weight is 209 g/mol. The first-order chi connectivity index (χ1) is 7.09. The molecule has 82 valence electrons. The van der Waals surface area contributed by atoms with Crippen LogP contribution in [0.5, 0.6) is 0 Å². The molecular formula is C11H15NO3. The van der Waals surface area contributed by atoms with Crippen LogP contribution < -0.4 is 0 Å².